The molecule has 0 N–H and O–H groups in total. The molecule has 0 aliphatic heterocycles. The van der Waals surface area contributed by atoms with Gasteiger partial charge in [0.2, 0.25) is 0 Å². The Morgan fingerprint density at radius 3 is 2.67 bits per heavy atom. The number of benzene rings is 2. The number of hydrogen-bond acceptors (Lipinski definition) is 1. The Labute approximate surface area is 172 Å². The van der Waals surface area contributed by atoms with Gasteiger partial charge in [-0.15, -0.1) is 0 Å². The number of nitrogens with zero attached hydrogens (tertiary/aromatic N) is 2. The first-order valence-corrected chi connectivity index (χ1v) is 10.2. The van der Waals surface area contributed by atoms with E-state index in [2.05, 4.69) is 26.6 Å². The normalized spacial score (nSPS) is 13.6. The Balaban J connectivity index is 1.56. The van der Waals surface area contributed by atoms with Crippen molar-refractivity contribution in [1.29, 1.82) is 0 Å². The van der Waals surface area contributed by atoms with Crippen molar-refractivity contribution in [3.8, 4) is 0 Å². The summed E-state index contributed by atoms with van der Waals surface area (Å²) < 4.78 is 3.09. The van der Waals surface area contributed by atoms with Gasteiger partial charge >= 0.3 is 0 Å². The lowest BCUT2D eigenvalue weighted by molar-refractivity contribution is 0.0726. The highest BCUT2D eigenvalue weighted by Crippen LogP contribution is 2.30. The minimum atomic E-state index is 0.0873. The molecular weight excluding hydrogens is 424 g/mol. The van der Waals surface area contributed by atoms with Crippen LogP contribution in [0.1, 0.15) is 34.5 Å². The number of amides is 1. The van der Waals surface area contributed by atoms with Crippen LogP contribution in [-0.4, -0.2) is 21.4 Å². The number of carbonyl (C=O) groups is 1. The van der Waals surface area contributed by atoms with E-state index in [1.54, 1.807) is 0 Å². The van der Waals surface area contributed by atoms with E-state index >= 15 is 0 Å². The molecule has 1 aromatic heterocycles. The number of rotatable bonds is 6. The summed E-state index contributed by atoms with van der Waals surface area (Å²) in [5.41, 5.74) is 2.92. The van der Waals surface area contributed by atoms with Crippen molar-refractivity contribution in [3.63, 3.8) is 0 Å². The molecule has 1 fully saturated rings. The van der Waals surface area contributed by atoms with E-state index in [9.17, 15) is 4.79 Å². The van der Waals surface area contributed by atoms with Crippen LogP contribution in [0, 0.1) is 0 Å². The number of halogens is 2. The van der Waals surface area contributed by atoms with Crippen molar-refractivity contribution in [2.75, 3.05) is 0 Å². The second kappa shape index (κ2) is 7.91. The Kier molecular flexibility index (Phi) is 5.37. The second-order valence-electron chi connectivity index (χ2n) is 6.89. The third kappa shape index (κ3) is 4.28. The lowest BCUT2D eigenvalue weighted by atomic mass is 10.2. The van der Waals surface area contributed by atoms with Crippen LogP contribution in [0.2, 0.25) is 5.02 Å². The van der Waals surface area contributed by atoms with Gasteiger partial charge in [0, 0.05) is 39.5 Å². The van der Waals surface area contributed by atoms with Crippen LogP contribution >= 0.6 is 27.5 Å². The molecule has 2 aromatic carbocycles. The van der Waals surface area contributed by atoms with Gasteiger partial charge in [0.15, 0.2) is 0 Å². The van der Waals surface area contributed by atoms with Gasteiger partial charge in [0.1, 0.15) is 0 Å². The fraction of sp³-hybridized carbons (Fsp3) is 0.227. The van der Waals surface area contributed by atoms with Crippen LogP contribution in [0.15, 0.2) is 71.3 Å². The van der Waals surface area contributed by atoms with Crippen molar-refractivity contribution in [2.24, 2.45) is 0 Å². The van der Waals surface area contributed by atoms with Crippen LogP contribution in [0.3, 0.4) is 0 Å². The van der Waals surface area contributed by atoms with Gasteiger partial charge in [-0.05, 0) is 54.8 Å². The fourth-order valence-corrected chi connectivity index (χ4v) is 3.87. The van der Waals surface area contributed by atoms with Crippen molar-refractivity contribution in [3.05, 3.63) is 93.2 Å². The highest BCUT2D eigenvalue weighted by atomic mass is 79.9. The molecule has 1 heterocycles. The summed E-state index contributed by atoms with van der Waals surface area (Å²) in [6.45, 7) is 1.30. The third-order valence-electron chi connectivity index (χ3n) is 4.87. The minimum Gasteiger partial charge on any atom is -0.345 e. The molecule has 3 nitrogen and oxygen atoms in total. The summed E-state index contributed by atoms with van der Waals surface area (Å²) in [4.78, 5) is 15.1. The lowest BCUT2D eigenvalue weighted by Crippen LogP contribution is -2.33. The standard InChI is InChI=1S/C22H20BrClN2O/c23-18-7-3-6-16(13-18)22(27)26(19-10-11-19)15-20-8-4-12-25(20)14-17-5-1-2-9-21(17)24/h1-9,12-13,19H,10-11,14-15H2. The van der Waals surface area contributed by atoms with Crippen LogP contribution in [0.4, 0.5) is 0 Å². The molecule has 4 rings (SSSR count). The van der Waals surface area contributed by atoms with Crippen molar-refractivity contribution in [1.82, 2.24) is 9.47 Å². The molecule has 0 saturated heterocycles. The zero-order chi connectivity index (χ0) is 18.8. The summed E-state index contributed by atoms with van der Waals surface area (Å²) in [6, 6.07) is 19.9. The minimum absolute atomic E-state index is 0.0873. The molecule has 138 valence electrons. The van der Waals surface area contributed by atoms with Crippen LogP contribution < -0.4 is 0 Å². The van der Waals surface area contributed by atoms with E-state index in [4.69, 9.17) is 11.6 Å². The van der Waals surface area contributed by atoms with E-state index in [0.29, 0.717) is 19.1 Å². The first-order valence-electron chi connectivity index (χ1n) is 9.06. The van der Waals surface area contributed by atoms with Crippen molar-refractivity contribution >= 4 is 33.4 Å². The van der Waals surface area contributed by atoms with Crippen LogP contribution in [0.5, 0.6) is 0 Å². The summed E-state index contributed by atoms with van der Waals surface area (Å²) in [7, 11) is 0. The van der Waals surface area contributed by atoms with E-state index < -0.39 is 0 Å². The number of hydrogen-bond donors (Lipinski definition) is 0. The maximum Gasteiger partial charge on any atom is 0.254 e. The van der Waals surface area contributed by atoms with E-state index in [1.807, 2.05) is 65.7 Å². The van der Waals surface area contributed by atoms with Crippen molar-refractivity contribution in [2.45, 2.75) is 32.0 Å². The Hall–Kier alpha value is -2.04. The quantitative estimate of drug-likeness (QED) is 0.476. The predicted molar refractivity (Wildman–Crippen MR) is 112 cm³/mol. The topological polar surface area (TPSA) is 25.2 Å². The molecule has 27 heavy (non-hydrogen) atoms. The highest BCUT2D eigenvalue weighted by molar-refractivity contribution is 9.10. The number of aromatic nitrogens is 1. The van der Waals surface area contributed by atoms with Gasteiger partial charge in [0.05, 0.1) is 6.54 Å². The molecule has 0 radical (unpaired) electrons. The third-order valence-corrected chi connectivity index (χ3v) is 5.74. The molecule has 0 bridgehead atoms. The van der Waals surface area contributed by atoms with Gasteiger partial charge < -0.3 is 9.47 Å². The summed E-state index contributed by atoms with van der Waals surface area (Å²) in [5, 5.41) is 0.765. The van der Waals surface area contributed by atoms with Crippen molar-refractivity contribution < 1.29 is 4.79 Å². The van der Waals surface area contributed by atoms with Gasteiger partial charge in [-0.25, -0.2) is 0 Å². The Morgan fingerprint density at radius 2 is 1.93 bits per heavy atom. The van der Waals surface area contributed by atoms with E-state index in [0.717, 1.165) is 39.2 Å². The fourth-order valence-electron chi connectivity index (χ4n) is 3.27. The average Bonchev–Trinajstić information content (AvgIpc) is 3.41. The van der Waals surface area contributed by atoms with Gasteiger partial charge in [-0.1, -0.05) is 51.8 Å². The van der Waals surface area contributed by atoms with Gasteiger partial charge in [-0.3, -0.25) is 4.79 Å². The molecule has 3 aromatic rings. The molecule has 1 amide bonds. The van der Waals surface area contributed by atoms with Crippen LogP contribution in [-0.2, 0) is 13.1 Å². The Bertz CT molecular complexity index is 964. The predicted octanol–water partition coefficient (Wildman–Crippen LogP) is 5.76. The first-order chi connectivity index (χ1) is 13.1. The molecule has 0 atom stereocenters. The maximum atomic E-state index is 13.1. The SMILES string of the molecule is O=C(c1cccc(Br)c1)N(Cc1cccn1Cc1ccccc1Cl)C1CC1. The summed E-state index contributed by atoms with van der Waals surface area (Å²) in [5.74, 6) is 0.0873. The molecule has 5 heteroatoms. The maximum absolute atomic E-state index is 13.1. The lowest BCUT2D eigenvalue weighted by Gasteiger charge is -2.24. The molecule has 0 unspecified atom stereocenters. The highest BCUT2D eigenvalue weighted by Gasteiger charge is 2.33. The zero-order valence-electron chi connectivity index (χ0n) is 14.8. The molecule has 1 aliphatic carbocycles. The zero-order valence-corrected chi connectivity index (χ0v) is 17.2. The second-order valence-corrected chi connectivity index (χ2v) is 8.22. The smallest absolute Gasteiger partial charge is 0.254 e. The summed E-state index contributed by atoms with van der Waals surface area (Å²) >= 11 is 9.78. The van der Waals surface area contributed by atoms with Crippen LogP contribution in [0.25, 0.3) is 0 Å². The average molecular weight is 444 g/mol. The molecule has 1 aliphatic rings. The molecule has 0 spiro atoms. The van der Waals surface area contributed by atoms with E-state index in [1.165, 1.54) is 0 Å². The monoisotopic (exact) mass is 442 g/mol. The first kappa shape index (κ1) is 18.3. The number of carbonyl (C=O) groups excluding carboxylic acids is 1. The van der Waals surface area contributed by atoms with E-state index in [-0.39, 0.29) is 5.91 Å². The molecular formula is C22H20BrClN2O. The van der Waals surface area contributed by atoms with Gasteiger partial charge in [-0.2, -0.15) is 0 Å². The summed E-state index contributed by atoms with van der Waals surface area (Å²) in [6.07, 6.45) is 4.20. The largest absolute Gasteiger partial charge is 0.345 e. The Morgan fingerprint density at radius 1 is 1.11 bits per heavy atom. The molecule has 1 saturated carbocycles. The van der Waals surface area contributed by atoms with Gasteiger partial charge in [0.25, 0.3) is 5.91 Å².